The number of aromatic nitrogens is 3. The minimum Gasteiger partial charge on any atom is -0.467 e. The summed E-state index contributed by atoms with van der Waals surface area (Å²) in [6, 6.07) is 0.778. The van der Waals surface area contributed by atoms with Crippen molar-refractivity contribution in [3.8, 4) is 6.01 Å². The first-order chi connectivity index (χ1) is 9.25. The molecule has 1 heterocycles. The second-order valence-electron chi connectivity index (χ2n) is 4.57. The van der Waals surface area contributed by atoms with Gasteiger partial charge >= 0.3 is 6.01 Å². The van der Waals surface area contributed by atoms with Gasteiger partial charge in [0.1, 0.15) is 0 Å². The van der Waals surface area contributed by atoms with Crippen LogP contribution in [-0.4, -0.2) is 46.7 Å². The van der Waals surface area contributed by atoms with Crippen LogP contribution in [0.4, 0.5) is 11.9 Å². The Morgan fingerprint density at radius 3 is 2.37 bits per heavy atom. The van der Waals surface area contributed by atoms with E-state index in [-0.39, 0.29) is 0 Å². The van der Waals surface area contributed by atoms with Crippen molar-refractivity contribution in [1.29, 1.82) is 0 Å². The highest BCUT2D eigenvalue weighted by Crippen LogP contribution is 2.28. The fourth-order valence-corrected chi connectivity index (χ4v) is 2.99. The van der Waals surface area contributed by atoms with Gasteiger partial charge in [0.25, 0.3) is 0 Å². The maximum absolute atomic E-state index is 5.08. The van der Waals surface area contributed by atoms with Gasteiger partial charge in [0.05, 0.1) is 7.11 Å². The van der Waals surface area contributed by atoms with Crippen molar-refractivity contribution in [2.24, 2.45) is 0 Å². The summed E-state index contributed by atoms with van der Waals surface area (Å²) < 4.78 is 5.08. The molecule has 0 saturated heterocycles. The number of thioether (sulfide) groups is 1. The highest BCUT2D eigenvalue weighted by molar-refractivity contribution is 7.99. The zero-order valence-corrected chi connectivity index (χ0v) is 12.5. The summed E-state index contributed by atoms with van der Waals surface area (Å²) in [5.41, 5.74) is 0. The van der Waals surface area contributed by atoms with Gasteiger partial charge in [-0.1, -0.05) is 0 Å². The van der Waals surface area contributed by atoms with Gasteiger partial charge in [-0.3, -0.25) is 0 Å². The predicted octanol–water partition coefficient (Wildman–Crippen LogP) is 2.01. The van der Waals surface area contributed by atoms with Gasteiger partial charge in [-0.2, -0.15) is 26.7 Å². The number of anilines is 2. The van der Waals surface area contributed by atoms with Crippen molar-refractivity contribution in [3.05, 3.63) is 0 Å². The molecule has 7 heteroatoms. The summed E-state index contributed by atoms with van der Waals surface area (Å²) in [6.07, 6.45) is 7.01. The first-order valence-electron chi connectivity index (χ1n) is 6.52. The van der Waals surface area contributed by atoms with Gasteiger partial charge in [0.15, 0.2) is 0 Å². The lowest BCUT2D eigenvalue weighted by molar-refractivity contribution is 0.379. The normalized spacial score (nSPS) is 22.9. The van der Waals surface area contributed by atoms with Crippen LogP contribution < -0.4 is 15.4 Å². The number of hydrogen-bond acceptors (Lipinski definition) is 7. The SMILES string of the molecule is CNc1nc(NC2CCC(SC)CC2)nc(OC)n1. The van der Waals surface area contributed by atoms with Crippen molar-refractivity contribution in [2.75, 3.05) is 31.0 Å². The second-order valence-corrected chi connectivity index (χ2v) is 5.71. The molecule has 0 spiro atoms. The molecule has 1 aliphatic carbocycles. The van der Waals surface area contributed by atoms with E-state index in [2.05, 4.69) is 31.8 Å². The Bertz CT molecular complexity index is 387. The van der Waals surface area contributed by atoms with Crippen LogP contribution in [0.3, 0.4) is 0 Å². The summed E-state index contributed by atoms with van der Waals surface area (Å²) in [7, 11) is 3.34. The minimum atomic E-state index is 0.333. The molecular formula is C12H21N5OS. The Labute approximate surface area is 118 Å². The maximum atomic E-state index is 5.08. The Morgan fingerprint density at radius 1 is 1.11 bits per heavy atom. The van der Waals surface area contributed by atoms with E-state index in [1.807, 2.05) is 11.8 Å². The number of nitrogens with one attached hydrogen (secondary N) is 2. The van der Waals surface area contributed by atoms with Gasteiger partial charge in [-0.25, -0.2) is 0 Å². The van der Waals surface area contributed by atoms with E-state index in [9.17, 15) is 0 Å². The van der Waals surface area contributed by atoms with Gasteiger partial charge in [-0.15, -0.1) is 0 Å². The van der Waals surface area contributed by atoms with E-state index in [4.69, 9.17) is 4.74 Å². The Kier molecular flexibility index (Phi) is 5.07. The molecule has 0 aliphatic heterocycles. The van der Waals surface area contributed by atoms with Gasteiger partial charge in [-0.05, 0) is 31.9 Å². The topological polar surface area (TPSA) is 72.0 Å². The van der Waals surface area contributed by atoms with E-state index < -0.39 is 0 Å². The molecule has 1 aliphatic rings. The summed E-state index contributed by atoms with van der Waals surface area (Å²) >= 11 is 1.97. The van der Waals surface area contributed by atoms with Crippen molar-refractivity contribution in [1.82, 2.24) is 15.0 Å². The van der Waals surface area contributed by atoms with Crippen molar-refractivity contribution < 1.29 is 4.74 Å². The molecule has 0 unspecified atom stereocenters. The van der Waals surface area contributed by atoms with Crippen LogP contribution in [0.25, 0.3) is 0 Å². The molecule has 106 valence electrons. The van der Waals surface area contributed by atoms with Crippen LogP contribution in [-0.2, 0) is 0 Å². The zero-order valence-electron chi connectivity index (χ0n) is 11.6. The van der Waals surface area contributed by atoms with Crippen LogP contribution in [0.5, 0.6) is 6.01 Å². The molecule has 1 aromatic rings. The molecule has 19 heavy (non-hydrogen) atoms. The van der Waals surface area contributed by atoms with E-state index in [1.165, 1.54) is 12.8 Å². The fraction of sp³-hybridized carbons (Fsp3) is 0.750. The average molecular weight is 283 g/mol. The largest absolute Gasteiger partial charge is 0.467 e. The van der Waals surface area contributed by atoms with Gasteiger partial charge < -0.3 is 15.4 Å². The molecule has 1 saturated carbocycles. The summed E-state index contributed by atoms with van der Waals surface area (Å²) in [6.45, 7) is 0. The highest BCUT2D eigenvalue weighted by atomic mass is 32.2. The Balaban J connectivity index is 1.99. The Hall–Kier alpha value is -1.24. The maximum Gasteiger partial charge on any atom is 0.322 e. The standard InChI is InChI=1S/C12H21N5OS/c1-13-10-15-11(17-12(16-10)18-2)14-8-4-6-9(19-3)7-5-8/h8-9H,4-7H2,1-3H3,(H2,13,14,15,16,17). The first-order valence-corrected chi connectivity index (χ1v) is 7.81. The molecule has 0 atom stereocenters. The van der Waals surface area contributed by atoms with Gasteiger partial charge in [0, 0.05) is 18.3 Å². The minimum absolute atomic E-state index is 0.333. The smallest absolute Gasteiger partial charge is 0.322 e. The number of nitrogens with zero attached hydrogens (tertiary/aromatic N) is 3. The van der Waals surface area contributed by atoms with Crippen molar-refractivity contribution in [2.45, 2.75) is 37.0 Å². The second kappa shape index (κ2) is 6.79. The van der Waals surface area contributed by atoms with Crippen LogP contribution in [0.2, 0.25) is 0 Å². The quantitative estimate of drug-likeness (QED) is 0.856. The Morgan fingerprint density at radius 2 is 1.79 bits per heavy atom. The molecule has 1 fully saturated rings. The molecular weight excluding hydrogens is 262 g/mol. The molecule has 0 radical (unpaired) electrons. The molecule has 2 rings (SSSR count). The third-order valence-electron chi connectivity index (χ3n) is 3.36. The van der Waals surface area contributed by atoms with Crippen molar-refractivity contribution in [3.63, 3.8) is 0 Å². The van der Waals surface area contributed by atoms with Crippen LogP contribution >= 0.6 is 11.8 Å². The van der Waals surface area contributed by atoms with Crippen molar-refractivity contribution >= 4 is 23.7 Å². The number of rotatable bonds is 5. The lowest BCUT2D eigenvalue weighted by Crippen LogP contribution is -2.28. The number of methoxy groups -OCH3 is 1. The first kappa shape index (κ1) is 14.2. The third-order valence-corrected chi connectivity index (χ3v) is 4.50. The third kappa shape index (κ3) is 3.86. The zero-order chi connectivity index (χ0) is 13.7. The molecule has 0 amide bonds. The predicted molar refractivity (Wildman–Crippen MR) is 79.1 cm³/mol. The molecule has 0 aromatic carbocycles. The van der Waals surface area contributed by atoms with E-state index in [0.717, 1.165) is 18.1 Å². The molecule has 2 N–H and O–H groups in total. The fourth-order valence-electron chi connectivity index (χ4n) is 2.25. The summed E-state index contributed by atoms with van der Waals surface area (Å²) in [5.74, 6) is 1.11. The number of ether oxygens (including phenoxy) is 1. The molecule has 1 aromatic heterocycles. The van der Waals surface area contributed by atoms with Gasteiger partial charge in [0.2, 0.25) is 11.9 Å². The lowest BCUT2D eigenvalue weighted by Gasteiger charge is -2.28. The number of hydrogen-bond donors (Lipinski definition) is 2. The summed E-state index contributed by atoms with van der Waals surface area (Å²) in [5, 5.41) is 7.10. The summed E-state index contributed by atoms with van der Waals surface area (Å²) in [4.78, 5) is 12.6. The van der Waals surface area contributed by atoms with E-state index in [1.54, 1.807) is 14.2 Å². The van der Waals surface area contributed by atoms with E-state index >= 15 is 0 Å². The monoisotopic (exact) mass is 283 g/mol. The lowest BCUT2D eigenvalue weighted by atomic mass is 9.95. The van der Waals surface area contributed by atoms with Crippen LogP contribution in [0.15, 0.2) is 0 Å². The molecule has 0 bridgehead atoms. The highest BCUT2D eigenvalue weighted by Gasteiger charge is 2.21. The molecule has 6 nitrogen and oxygen atoms in total. The van der Waals surface area contributed by atoms with Crippen LogP contribution in [0, 0.1) is 0 Å². The average Bonchev–Trinajstić information content (AvgIpc) is 2.47. The van der Waals surface area contributed by atoms with E-state index in [0.29, 0.717) is 23.9 Å². The van der Waals surface area contributed by atoms with Crippen LogP contribution in [0.1, 0.15) is 25.7 Å².